The monoisotopic (exact) mass is 439 g/mol. The molecule has 0 unspecified atom stereocenters. The van der Waals surface area contributed by atoms with E-state index in [1.165, 1.54) is 30.9 Å². The maximum absolute atomic E-state index is 13.2. The third-order valence-electron chi connectivity index (χ3n) is 4.03. The third kappa shape index (κ3) is 4.51. The number of halogens is 3. The fourth-order valence-corrected chi connectivity index (χ4v) is 3.38. The van der Waals surface area contributed by atoms with Gasteiger partial charge in [0.25, 0.3) is 0 Å². The first-order valence-electron chi connectivity index (χ1n) is 8.44. The normalized spacial score (nSPS) is 11.4. The van der Waals surface area contributed by atoms with Crippen LogP contribution in [-0.4, -0.2) is 45.8 Å². The van der Waals surface area contributed by atoms with Gasteiger partial charge in [-0.05, 0) is 36.4 Å². The van der Waals surface area contributed by atoms with E-state index in [0.717, 1.165) is 23.9 Å². The minimum atomic E-state index is -4.54. The highest BCUT2D eigenvalue weighted by atomic mass is 32.2. The molecule has 0 aliphatic carbocycles. The molecule has 0 aliphatic rings. The minimum absolute atomic E-state index is 0.140. The van der Waals surface area contributed by atoms with E-state index < -0.39 is 17.7 Å². The highest BCUT2D eigenvalue weighted by Crippen LogP contribution is 2.36. The molecular weight excluding hydrogens is 423 g/mol. The van der Waals surface area contributed by atoms with Crippen LogP contribution < -0.4 is 9.47 Å². The molecule has 30 heavy (non-hydrogen) atoms. The van der Waals surface area contributed by atoms with Gasteiger partial charge in [0.2, 0.25) is 0 Å². The molecule has 158 valence electrons. The van der Waals surface area contributed by atoms with Gasteiger partial charge in [-0.1, -0.05) is 17.8 Å². The lowest BCUT2D eigenvalue weighted by atomic mass is 10.1. The Kier molecular flexibility index (Phi) is 6.20. The van der Waals surface area contributed by atoms with Crippen LogP contribution in [0.2, 0.25) is 0 Å². The zero-order valence-electron chi connectivity index (χ0n) is 15.8. The Morgan fingerprint density at radius 3 is 2.47 bits per heavy atom. The van der Waals surface area contributed by atoms with E-state index in [1.54, 1.807) is 18.2 Å². The van der Waals surface area contributed by atoms with E-state index in [1.807, 2.05) is 0 Å². The highest BCUT2D eigenvalue weighted by molar-refractivity contribution is 7.99. The van der Waals surface area contributed by atoms with Crippen molar-refractivity contribution in [3.8, 4) is 28.6 Å². The smallest absolute Gasteiger partial charge is 0.416 e. The Labute approximate surface area is 173 Å². The summed E-state index contributed by atoms with van der Waals surface area (Å²) in [5, 5.41) is 17.2. The van der Waals surface area contributed by atoms with Crippen molar-refractivity contribution in [2.24, 2.45) is 0 Å². The van der Waals surface area contributed by atoms with Crippen LogP contribution in [0.25, 0.3) is 17.1 Å². The molecule has 0 saturated carbocycles. The van der Waals surface area contributed by atoms with Crippen LogP contribution in [0, 0.1) is 0 Å². The molecule has 0 atom stereocenters. The molecular formula is C19H16F3N3O4S. The molecule has 7 nitrogen and oxygen atoms in total. The molecule has 0 spiro atoms. The summed E-state index contributed by atoms with van der Waals surface area (Å²) in [4.78, 5) is 11.0. The van der Waals surface area contributed by atoms with Crippen molar-refractivity contribution in [2.45, 2.75) is 11.3 Å². The van der Waals surface area contributed by atoms with Gasteiger partial charge < -0.3 is 14.6 Å². The topological polar surface area (TPSA) is 86.5 Å². The number of carboxylic acid groups (broad SMARTS) is 1. The van der Waals surface area contributed by atoms with Crippen molar-refractivity contribution < 1.29 is 32.5 Å². The van der Waals surface area contributed by atoms with Crippen molar-refractivity contribution in [1.82, 2.24) is 14.8 Å². The molecule has 1 N–H and O–H groups in total. The number of benzene rings is 2. The van der Waals surface area contributed by atoms with Gasteiger partial charge in [0.05, 0.1) is 31.2 Å². The summed E-state index contributed by atoms with van der Waals surface area (Å²) < 4.78 is 51.5. The molecule has 0 amide bonds. The Bertz CT molecular complexity index is 1070. The average Bonchev–Trinajstić information content (AvgIpc) is 3.15. The Hall–Kier alpha value is -3.21. The van der Waals surface area contributed by atoms with Gasteiger partial charge >= 0.3 is 12.1 Å². The third-order valence-corrected chi connectivity index (χ3v) is 4.95. The fraction of sp³-hybridized carbons (Fsp3) is 0.211. The molecule has 0 radical (unpaired) electrons. The number of carbonyl (C=O) groups is 1. The Balaban J connectivity index is 2.17. The van der Waals surface area contributed by atoms with Crippen LogP contribution in [0.3, 0.4) is 0 Å². The number of nitrogens with zero attached hydrogens (tertiary/aromatic N) is 3. The fourth-order valence-electron chi connectivity index (χ4n) is 2.71. The number of thioether (sulfide) groups is 1. The van der Waals surface area contributed by atoms with Crippen molar-refractivity contribution in [1.29, 1.82) is 0 Å². The molecule has 0 fully saturated rings. The largest absolute Gasteiger partial charge is 0.493 e. The van der Waals surface area contributed by atoms with Gasteiger partial charge in [-0.15, -0.1) is 10.2 Å². The van der Waals surface area contributed by atoms with E-state index >= 15 is 0 Å². The average molecular weight is 439 g/mol. The van der Waals surface area contributed by atoms with E-state index in [0.29, 0.717) is 17.1 Å². The van der Waals surface area contributed by atoms with Crippen LogP contribution in [0.1, 0.15) is 5.56 Å². The van der Waals surface area contributed by atoms with E-state index in [-0.39, 0.29) is 22.4 Å². The summed E-state index contributed by atoms with van der Waals surface area (Å²) in [6.45, 7) is 0. The van der Waals surface area contributed by atoms with Gasteiger partial charge in [-0.3, -0.25) is 9.36 Å². The lowest BCUT2D eigenvalue weighted by Gasteiger charge is -2.14. The first-order valence-corrected chi connectivity index (χ1v) is 9.43. The van der Waals surface area contributed by atoms with Gasteiger partial charge in [0.15, 0.2) is 22.5 Å². The standard InChI is InChI=1S/C19H16F3N3O4S/c1-28-14-7-6-11(8-15(14)29-2)17-23-24-18(30-10-16(26)27)25(17)13-5-3-4-12(9-13)19(20,21)22/h3-9H,10H2,1-2H3,(H,26,27). The van der Waals surface area contributed by atoms with Gasteiger partial charge in [-0.25, -0.2) is 0 Å². The quantitative estimate of drug-likeness (QED) is 0.554. The van der Waals surface area contributed by atoms with Crippen LogP contribution in [0.15, 0.2) is 47.6 Å². The van der Waals surface area contributed by atoms with Gasteiger partial charge in [0, 0.05) is 5.56 Å². The molecule has 0 saturated heterocycles. The number of aromatic nitrogens is 3. The summed E-state index contributed by atoms with van der Waals surface area (Å²) >= 11 is 0.849. The second-order valence-electron chi connectivity index (χ2n) is 5.94. The Morgan fingerprint density at radius 1 is 1.10 bits per heavy atom. The van der Waals surface area contributed by atoms with Crippen LogP contribution in [0.5, 0.6) is 11.5 Å². The van der Waals surface area contributed by atoms with Crippen molar-refractivity contribution >= 4 is 17.7 Å². The summed E-state index contributed by atoms with van der Waals surface area (Å²) in [6, 6.07) is 9.53. The predicted molar refractivity (Wildman–Crippen MR) is 103 cm³/mol. The zero-order valence-corrected chi connectivity index (χ0v) is 16.6. The lowest BCUT2D eigenvalue weighted by molar-refractivity contribution is -0.137. The lowest BCUT2D eigenvalue weighted by Crippen LogP contribution is -2.08. The number of aliphatic carboxylic acids is 1. The van der Waals surface area contributed by atoms with E-state index in [4.69, 9.17) is 14.6 Å². The van der Waals surface area contributed by atoms with Crippen LogP contribution >= 0.6 is 11.8 Å². The molecule has 3 aromatic rings. The first-order chi connectivity index (χ1) is 14.2. The molecule has 1 aromatic heterocycles. The molecule has 0 bridgehead atoms. The summed E-state index contributed by atoms with van der Waals surface area (Å²) in [5.41, 5.74) is -0.201. The maximum atomic E-state index is 13.2. The van der Waals surface area contributed by atoms with Crippen molar-refractivity contribution in [3.63, 3.8) is 0 Å². The highest BCUT2D eigenvalue weighted by Gasteiger charge is 2.31. The first kappa shape index (κ1) is 21.5. The molecule has 11 heteroatoms. The molecule has 1 heterocycles. The molecule has 3 rings (SSSR count). The van der Waals surface area contributed by atoms with E-state index in [9.17, 15) is 18.0 Å². The number of hydrogen-bond donors (Lipinski definition) is 1. The van der Waals surface area contributed by atoms with E-state index in [2.05, 4.69) is 10.2 Å². The maximum Gasteiger partial charge on any atom is 0.416 e. The van der Waals surface area contributed by atoms with Crippen molar-refractivity contribution in [3.05, 3.63) is 48.0 Å². The van der Waals surface area contributed by atoms with Crippen LogP contribution in [-0.2, 0) is 11.0 Å². The SMILES string of the molecule is COc1ccc(-c2nnc(SCC(=O)O)n2-c2cccc(C(F)(F)F)c2)cc1OC. The predicted octanol–water partition coefficient (Wildman–Crippen LogP) is 4.15. The van der Waals surface area contributed by atoms with Gasteiger partial charge in [-0.2, -0.15) is 13.2 Å². The summed E-state index contributed by atoms with van der Waals surface area (Å²) in [5.74, 6) is -0.335. The van der Waals surface area contributed by atoms with Crippen molar-refractivity contribution in [2.75, 3.05) is 20.0 Å². The number of methoxy groups -OCH3 is 2. The molecule has 0 aliphatic heterocycles. The Morgan fingerprint density at radius 2 is 1.83 bits per heavy atom. The van der Waals surface area contributed by atoms with Gasteiger partial charge in [0.1, 0.15) is 0 Å². The number of rotatable bonds is 7. The summed E-state index contributed by atoms with van der Waals surface area (Å²) in [6.07, 6.45) is -4.54. The molecule has 2 aromatic carbocycles. The summed E-state index contributed by atoms with van der Waals surface area (Å²) in [7, 11) is 2.93. The second-order valence-corrected chi connectivity index (χ2v) is 6.88. The second kappa shape index (κ2) is 8.66. The number of hydrogen-bond acceptors (Lipinski definition) is 6. The zero-order chi connectivity index (χ0) is 21.9. The minimum Gasteiger partial charge on any atom is -0.493 e. The van der Waals surface area contributed by atoms with Crippen LogP contribution in [0.4, 0.5) is 13.2 Å². The number of ether oxygens (including phenoxy) is 2. The number of alkyl halides is 3. The number of carboxylic acids is 1.